The summed E-state index contributed by atoms with van der Waals surface area (Å²) >= 11 is 0. The summed E-state index contributed by atoms with van der Waals surface area (Å²) in [6.07, 6.45) is 0. The molecule has 0 saturated carbocycles. The zero-order chi connectivity index (χ0) is 21.5. The molecule has 29 heavy (non-hydrogen) atoms. The molecule has 2 aromatic rings. The predicted molar refractivity (Wildman–Crippen MR) is 124 cm³/mol. The van der Waals surface area contributed by atoms with E-state index in [4.69, 9.17) is 0 Å². The quantitative estimate of drug-likeness (QED) is 0.557. The number of hydrogen-bond acceptors (Lipinski definition) is 2. The molecule has 4 rings (SSSR count). The second-order valence-corrected chi connectivity index (χ2v) is 9.02. The van der Waals surface area contributed by atoms with Crippen LogP contribution in [0.3, 0.4) is 0 Å². The number of likely N-dealkylation sites (N-methyl/N-ethyl adjacent to an activating group) is 2. The lowest BCUT2D eigenvalue weighted by atomic mass is 9.85. The lowest BCUT2D eigenvalue weighted by molar-refractivity contribution is -0.112. The number of carbonyl (C=O) groups excluding carboxylic acids is 1. The second kappa shape index (κ2) is 6.22. The normalized spacial score (nSPS) is 18.1. The maximum absolute atomic E-state index is 13.6. The van der Waals surface area contributed by atoms with Crippen molar-refractivity contribution in [1.29, 1.82) is 0 Å². The Balaban J connectivity index is 2.17. The summed E-state index contributed by atoms with van der Waals surface area (Å²) in [6, 6.07) is 0. The van der Waals surface area contributed by atoms with Gasteiger partial charge >= 0.3 is 0 Å². The molecule has 152 valence electrons. The van der Waals surface area contributed by atoms with E-state index in [0.717, 1.165) is 23.4 Å². The zero-order valence-corrected chi connectivity index (χ0v) is 19.5. The van der Waals surface area contributed by atoms with Gasteiger partial charge in [0.05, 0.1) is 11.3 Å². The fraction of sp³-hybridized carbons (Fsp3) is 0.423. The number of amides is 1. The van der Waals surface area contributed by atoms with Crippen LogP contribution in [-0.4, -0.2) is 26.5 Å². The van der Waals surface area contributed by atoms with Crippen LogP contribution in [0.4, 0.5) is 11.4 Å². The third-order valence-electron chi connectivity index (χ3n) is 7.79. The van der Waals surface area contributed by atoms with Crippen molar-refractivity contribution in [2.24, 2.45) is 0 Å². The first-order valence-electron chi connectivity index (χ1n) is 10.4. The Labute approximate surface area is 175 Å². The van der Waals surface area contributed by atoms with Crippen LogP contribution >= 0.6 is 0 Å². The highest BCUT2D eigenvalue weighted by atomic mass is 16.2. The van der Waals surface area contributed by atoms with Crippen LogP contribution in [-0.2, 0) is 4.79 Å². The summed E-state index contributed by atoms with van der Waals surface area (Å²) < 4.78 is 0. The molecule has 0 spiro atoms. The Bertz CT molecular complexity index is 1150. The molecular weight excluding hydrogens is 356 g/mol. The molecule has 0 N–H and O–H groups in total. The molecule has 0 unspecified atom stereocenters. The minimum atomic E-state index is 0.128. The predicted octanol–water partition coefficient (Wildman–Crippen LogP) is 5.49. The molecule has 0 radical (unpaired) electrons. The van der Waals surface area contributed by atoms with E-state index in [0.29, 0.717) is 0 Å². The summed E-state index contributed by atoms with van der Waals surface area (Å²) in [6.45, 7) is 18.3. The average Bonchev–Trinajstić information content (AvgIpc) is 3.15. The van der Waals surface area contributed by atoms with E-state index in [1.807, 2.05) is 11.9 Å². The van der Waals surface area contributed by atoms with Gasteiger partial charge in [-0.2, -0.15) is 0 Å². The van der Waals surface area contributed by atoms with Gasteiger partial charge in [0, 0.05) is 37.5 Å². The first-order chi connectivity index (χ1) is 13.5. The molecule has 0 saturated heterocycles. The summed E-state index contributed by atoms with van der Waals surface area (Å²) in [5.74, 6) is 0.128. The summed E-state index contributed by atoms with van der Waals surface area (Å²) in [4.78, 5) is 17.8. The van der Waals surface area contributed by atoms with E-state index < -0.39 is 0 Å². The van der Waals surface area contributed by atoms with Crippen LogP contribution in [0.25, 0.3) is 11.1 Å². The number of fused-ring (bicyclic) bond motifs is 2. The average molecular weight is 389 g/mol. The summed E-state index contributed by atoms with van der Waals surface area (Å²) in [5.41, 5.74) is 17.2. The van der Waals surface area contributed by atoms with Crippen LogP contribution in [0.5, 0.6) is 0 Å². The number of rotatable bonds is 0. The number of hydrogen-bond donors (Lipinski definition) is 0. The smallest absolute Gasteiger partial charge is 0.259 e. The van der Waals surface area contributed by atoms with Crippen molar-refractivity contribution in [3.8, 4) is 0 Å². The maximum Gasteiger partial charge on any atom is 0.259 e. The van der Waals surface area contributed by atoms with Crippen molar-refractivity contribution >= 4 is 28.4 Å². The van der Waals surface area contributed by atoms with Crippen molar-refractivity contribution in [3.63, 3.8) is 0 Å². The molecule has 0 fully saturated rings. The van der Waals surface area contributed by atoms with Crippen molar-refractivity contribution in [2.75, 3.05) is 30.4 Å². The number of carbonyl (C=O) groups is 1. The molecule has 1 amide bonds. The van der Waals surface area contributed by atoms with Crippen molar-refractivity contribution in [2.45, 2.75) is 55.4 Å². The Morgan fingerprint density at radius 3 is 1.59 bits per heavy atom. The SMILES string of the molecule is Cc1c(C)c(C)c2c(c1C)/C(=C1\C(=O)N(C)c3c(C)c(C)c(C)c(C)c31)CN2C. The van der Waals surface area contributed by atoms with Gasteiger partial charge in [-0.3, -0.25) is 4.79 Å². The van der Waals surface area contributed by atoms with Crippen LogP contribution in [0.2, 0.25) is 0 Å². The topological polar surface area (TPSA) is 23.6 Å². The molecule has 0 bridgehead atoms. The maximum atomic E-state index is 13.6. The van der Waals surface area contributed by atoms with Gasteiger partial charge in [-0.05, 0) is 105 Å². The van der Waals surface area contributed by atoms with Gasteiger partial charge in [0.2, 0.25) is 0 Å². The van der Waals surface area contributed by atoms with E-state index in [-0.39, 0.29) is 5.91 Å². The van der Waals surface area contributed by atoms with Crippen LogP contribution in [0, 0.1) is 55.4 Å². The molecule has 0 aromatic heterocycles. The van der Waals surface area contributed by atoms with E-state index >= 15 is 0 Å². The third-order valence-corrected chi connectivity index (χ3v) is 7.79. The first-order valence-corrected chi connectivity index (χ1v) is 10.4. The highest BCUT2D eigenvalue weighted by Gasteiger charge is 2.39. The molecule has 2 heterocycles. The highest BCUT2D eigenvalue weighted by Crippen LogP contribution is 2.51. The van der Waals surface area contributed by atoms with Crippen LogP contribution in [0.15, 0.2) is 0 Å². The van der Waals surface area contributed by atoms with Gasteiger partial charge in [-0.15, -0.1) is 0 Å². The fourth-order valence-electron chi connectivity index (χ4n) is 5.41. The molecule has 0 atom stereocenters. The molecular formula is C26H32N2O. The van der Waals surface area contributed by atoms with E-state index in [1.54, 1.807) is 0 Å². The minimum Gasteiger partial charge on any atom is -0.369 e. The van der Waals surface area contributed by atoms with Crippen LogP contribution < -0.4 is 9.80 Å². The third kappa shape index (κ3) is 2.33. The molecule has 3 heteroatoms. The summed E-state index contributed by atoms with van der Waals surface area (Å²) in [7, 11) is 4.07. The lowest BCUT2D eigenvalue weighted by Gasteiger charge is -2.19. The standard InChI is InChI=1S/C26H32N2O/c1-12-14(3)18(7)24-21(16(12)5)20(11-27(24)9)23-22-17(6)13(2)15(4)19(8)25(22)28(10)26(23)29/h11H2,1-10H3/b23-20-. The fourth-order valence-corrected chi connectivity index (χ4v) is 5.41. The number of nitrogens with zero attached hydrogens (tertiary/aromatic N) is 2. The summed E-state index contributed by atoms with van der Waals surface area (Å²) in [5, 5.41) is 0. The second-order valence-electron chi connectivity index (χ2n) is 9.02. The van der Waals surface area contributed by atoms with Gasteiger partial charge < -0.3 is 9.80 Å². The molecule has 0 aliphatic carbocycles. The monoisotopic (exact) mass is 388 g/mol. The highest BCUT2D eigenvalue weighted by molar-refractivity contribution is 6.39. The van der Waals surface area contributed by atoms with Gasteiger partial charge in [0.15, 0.2) is 0 Å². The Morgan fingerprint density at radius 1 is 0.586 bits per heavy atom. The van der Waals surface area contributed by atoms with Gasteiger partial charge in [-0.25, -0.2) is 0 Å². The first kappa shape index (κ1) is 19.8. The van der Waals surface area contributed by atoms with E-state index in [1.165, 1.54) is 61.3 Å². The van der Waals surface area contributed by atoms with Gasteiger partial charge in [0.25, 0.3) is 5.91 Å². The molecule has 3 nitrogen and oxygen atoms in total. The number of benzene rings is 2. The van der Waals surface area contributed by atoms with Crippen molar-refractivity contribution in [3.05, 3.63) is 55.6 Å². The van der Waals surface area contributed by atoms with Gasteiger partial charge in [-0.1, -0.05) is 0 Å². The van der Waals surface area contributed by atoms with Crippen molar-refractivity contribution in [1.82, 2.24) is 0 Å². The minimum absolute atomic E-state index is 0.128. The zero-order valence-electron chi connectivity index (χ0n) is 19.5. The van der Waals surface area contributed by atoms with Gasteiger partial charge in [0.1, 0.15) is 0 Å². The number of anilines is 2. The van der Waals surface area contributed by atoms with E-state index in [9.17, 15) is 4.79 Å². The lowest BCUT2D eigenvalue weighted by Crippen LogP contribution is -2.22. The molecule has 2 aliphatic heterocycles. The largest absolute Gasteiger partial charge is 0.369 e. The Kier molecular flexibility index (Phi) is 4.24. The molecule has 2 aliphatic rings. The van der Waals surface area contributed by atoms with Crippen LogP contribution in [0.1, 0.15) is 55.6 Å². The Morgan fingerprint density at radius 2 is 1.03 bits per heavy atom. The van der Waals surface area contributed by atoms with E-state index in [2.05, 4.69) is 67.3 Å². The van der Waals surface area contributed by atoms with Crippen molar-refractivity contribution < 1.29 is 4.79 Å². The Hall–Kier alpha value is -2.55. The molecule has 2 aromatic carbocycles.